The number of ether oxygens (including phenoxy) is 1. The zero-order valence-electron chi connectivity index (χ0n) is 14.6. The first-order chi connectivity index (χ1) is 12.2. The molecule has 0 saturated heterocycles. The van der Waals surface area contributed by atoms with Crippen LogP contribution in [0.3, 0.4) is 0 Å². The van der Waals surface area contributed by atoms with Crippen LogP contribution < -0.4 is 0 Å². The molecule has 0 aromatic heterocycles. The van der Waals surface area contributed by atoms with Crippen LogP contribution in [0.2, 0.25) is 5.02 Å². The molecule has 1 nitrogen and oxygen atoms in total. The van der Waals surface area contributed by atoms with E-state index < -0.39 is 0 Å². The molecule has 0 atom stereocenters. The Morgan fingerprint density at radius 2 is 1.64 bits per heavy atom. The number of hydrogen-bond acceptors (Lipinski definition) is 1. The van der Waals surface area contributed by atoms with Crippen molar-refractivity contribution in [2.45, 2.75) is 44.9 Å². The van der Waals surface area contributed by atoms with Gasteiger partial charge in [0, 0.05) is 16.5 Å². The molecule has 25 heavy (non-hydrogen) atoms. The Labute approximate surface area is 161 Å². The third kappa shape index (κ3) is 6.24. The lowest BCUT2D eigenvalue weighted by atomic mass is 9.80. The Hall–Kier alpha value is -1.18. The number of halogens is 2. The third-order valence-corrected chi connectivity index (χ3v) is 5.75. The van der Waals surface area contributed by atoms with Crippen LogP contribution in [0.25, 0.3) is 0 Å². The van der Waals surface area contributed by atoms with Crippen LogP contribution in [0.5, 0.6) is 0 Å². The lowest BCUT2D eigenvalue weighted by Gasteiger charge is -2.28. The Kier molecular flexibility index (Phi) is 7.07. The van der Waals surface area contributed by atoms with Crippen molar-refractivity contribution in [2.75, 3.05) is 6.61 Å². The minimum atomic E-state index is 0.694. The molecule has 0 N–H and O–H groups in total. The summed E-state index contributed by atoms with van der Waals surface area (Å²) < 4.78 is 6.02. The molecule has 0 bridgehead atoms. The average Bonchev–Trinajstić information content (AvgIpc) is 2.85. The number of aryl methyl sites for hydroxylation is 1. The molecular formula is C22H26Cl2O. The molecule has 0 unspecified atom stereocenters. The number of allylic oxidation sites excluding steroid dienone is 5. The van der Waals surface area contributed by atoms with E-state index in [0.29, 0.717) is 5.92 Å². The van der Waals surface area contributed by atoms with Crippen molar-refractivity contribution >= 4 is 23.2 Å². The van der Waals surface area contributed by atoms with Gasteiger partial charge in [0.25, 0.3) is 0 Å². The van der Waals surface area contributed by atoms with Crippen LogP contribution in [0.1, 0.15) is 44.1 Å². The predicted molar refractivity (Wildman–Crippen MR) is 107 cm³/mol. The largest absolute Gasteiger partial charge is 0.497 e. The topological polar surface area (TPSA) is 9.23 Å². The van der Waals surface area contributed by atoms with Crippen LogP contribution in [-0.2, 0) is 11.2 Å². The lowest BCUT2D eigenvalue weighted by molar-refractivity contribution is 0.124. The molecule has 1 aromatic carbocycles. The van der Waals surface area contributed by atoms with Gasteiger partial charge >= 0.3 is 0 Å². The van der Waals surface area contributed by atoms with Gasteiger partial charge in [-0.25, -0.2) is 0 Å². The average molecular weight is 377 g/mol. The van der Waals surface area contributed by atoms with Crippen LogP contribution in [-0.4, -0.2) is 6.61 Å². The van der Waals surface area contributed by atoms with Crippen LogP contribution in [0.15, 0.2) is 59.4 Å². The lowest BCUT2D eigenvalue weighted by Crippen LogP contribution is -2.19. The molecule has 1 saturated carbocycles. The van der Waals surface area contributed by atoms with Gasteiger partial charge in [0.1, 0.15) is 0 Å². The van der Waals surface area contributed by atoms with E-state index in [0.717, 1.165) is 41.2 Å². The van der Waals surface area contributed by atoms with Crippen LogP contribution in [0, 0.1) is 11.8 Å². The molecule has 0 spiro atoms. The molecule has 0 radical (unpaired) electrons. The van der Waals surface area contributed by atoms with Crippen molar-refractivity contribution in [1.29, 1.82) is 0 Å². The Morgan fingerprint density at radius 3 is 2.40 bits per heavy atom. The first kappa shape index (κ1) is 18.6. The minimum Gasteiger partial charge on any atom is -0.497 e. The highest BCUT2D eigenvalue weighted by molar-refractivity contribution is 6.31. The summed E-state index contributed by atoms with van der Waals surface area (Å²) in [4.78, 5) is 0. The third-order valence-electron chi connectivity index (χ3n) is 5.25. The molecule has 1 aromatic rings. The molecule has 2 aliphatic rings. The number of benzene rings is 1. The van der Waals surface area contributed by atoms with Crippen LogP contribution >= 0.6 is 23.2 Å². The van der Waals surface area contributed by atoms with Gasteiger partial charge in [-0.05, 0) is 73.4 Å². The van der Waals surface area contributed by atoms with E-state index in [4.69, 9.17) is 27.9 Å². The van der Waals surface area contributed by atoms with Crippen LogP contribution in [0.4, 0.5) is 0 Å². The monoisotopic (exact) mass is 376 g/mol. The maximum absolute atomic E-state index is 6.02. The molecule has 1 fully saturated rings. The summed E-state index contributed by atoms with van der Waals surface area (Å²) in [6.45, 7) is 0.842. The van der Waals surface area contributed by atoms with E-state index in [1.54, 1.807) is 0 Å². The van der Waals surface area contributed by atoms with Gasteiger partial charge in [-0.3, -0.25) is 0 Å². The second-order valence-corrected chi connectivity index (χ2v) is 8.03. The fraction of sp³-hybridized carbons (Fsp3) is 0.455. The molecular weight excluding hydrogens is 351 g/mol. The highest BCUT2D eigenvalue weighted by Crippen LogP contribution is 2.32. The molecule has 0 heterocycles. The molecule has 3 rings (SSSR count). The minimum absolute atomic E-state index is 0.694. The zero-order valence-corrected chi connectivity index (χ0v) is 16.1. The van der Waals surface area contributed by atoms with Gasteiger partial charge in [-0.2, -0.15) is 0 Å². The number of rotatable bonds is 6. The van der Waals surface area contributed by atoms with Gasteiger partial charge in [0.05, 0.1) is 12.4 Å². The van der Waals surface area contributed by atoms with E-state index in [2.05, 4.69) is 18.2 Å². The summed E-state index contributed by atoms with van der Waals surface area (Å²) in [6, 6.07) is 8.28. The zero-order chi connectivity index (χ0) is 17.5. The Morgan fingerprint density at radius 1 is 0.920 bits per heavy atom. The summed E-state index contributed by atoms with van der Waals surface area (Å²) in [5.41, 5.74) is 1.40. The molecule has 134 valence electrons. The first-order valence-corrected chi connectivity index (χ1v) is 10.0. The second-order valence-electron chi connectivity index (χ2n) is 7.15. The highest BCUT2D eigenvalue weighted by Gasteiger charge is 2.21. The SMILES string of the molecule is ClC1=CC=C(OCC2CCC(CCc3ccc(Cl)cc3)CC2)CC=C1. The van der Waals surface area contributed by atoms with E-state index in [9.17, 15) is 0 Å². The Balaban J connectivity index is 1.36. The van der Waals surface area contributed by atoms with Crippen molar-refractivity contribution in [3.05, 3.63) is 69.9 Å². The summed E-state index contributed by atoms with van der Waals surface area (Å²) in [5, 5.41) is 1.58. The maximum atomic E-state index is 6.02. The van der Waals surface area contributed by atoms with E-state index in [-0.39, 0.29) is 0 Å². The normalized spacial score (nSPS) is 23.6. The quantitative estimate of drug-likeness (QED) is 0.515. The smallest absolute Gasteiger partial charge is 0.0998 e. The highest BCUT2D eigenvalue weighted by atomic mass is 35.5. The van der Waals surface area contributed by atoms with Gasteiger partial charge in [0.15, 0.2) is 0 Å². The van der Waals surface area contributed by atoms with E-state index >= 15 is 0 Å². The first-order valence-electron chi connectivity index (χ1n) is 9.29. The van der Waals surface area contributed by atoms with Gasteiger partial charge in [-0.15, -0.1) is 0 Å². The second kappa shape index (κ2) is 9.50. The fourth-order valence-corrected chi connectivity index (χ4v) is 3.90. The maximum Gasteiger partial charge on any atom is 0.0998 e. The Bertz CT molecular complexity index is 634. The van der Waals surface area contributed by atoms with Gasteiger partial charge < -0.3 is 4.74 Å². The van der Waals surface area contributed by atoms with E-state index in [1.807, 2.05) is 30.4 Å². The predicted octanol–water partition coefficient (Wildman–Crippen LogP) is 7.06. The van der Waals surface area contributed by atoms with Crippen molar-refractivity contribution in [1.82, 2.24) is 0 Å². The van der Waals surface area contributed by atoms with Gasteiger partial charge in [0.2, 0.25) is 0 Å². The van der Waals surface area contributed by atoms with E-state index in [1.165, 1.54) is 37.7 Å². The molecule has 2 aliphatic carbocycles. The van der Waals surface area contributed by atoms with Crippen molar-refractivity contribution in [2.24, 2.45) is 11.8 Å². The fourth-order valence-electron chi connectivity index (χ4n) is 3.62. The summed E-state index contributed by atoms with van der Waals surface area (Å²) in [6.07, 6.45) is 16.4. The summed E-state index contributed by atoms with van der Waals surface area (Å²) in [7, 11) is 0. The van der Waals surface area contributed by atoms with Crippen molar-refractivity contribution in [3.8, 4) is 0 Å². The number of hydrogen-bond donors (Lipinski definition) is 0. The van der Waals surface area contributed by atoms with Crippen molar-refractivity contribution in [3.63, 3.8) is 0 Å². The molecule has 3 heteroatoms. The standard InChI is InChI=1S/C22H26Cl2O/c23-20-2-1-3-22(15-14-20)25-16-19-8-6-17(7-9-19)4-5-18-10-12-21(24)13-11-18/h1-2,10-15,17,19H,3-9,16H2. The molecule has 0 amide bonds. The molecule has 0 aliphatic heterocycles. The summed E-state index contributed by atoms with van der Waals surface area (Å²) in [5.74, 6) is 2.57. The van der Waals surface area contributed by atoms with Gasteiger partial charge in [-0.1, -0.05) is 54.3 Å². The van der Waals surface area contributed by atoms with Crippen molar-refractivity contribution < 1.29 is 4.74 Å². The summed E-state index contributed by atoms with van der Waals surface area (Å²) >= 11 is 11.9.